The first-order valence-electron chi connectivity index (χ1n) is 6.85. The highest BCUT2D eigenvalue weighted by atomic mass is 35.5. The van der Waals surface area contributed by atoms with Crippen molar-refractivity contribution in [3.8, 4) is 5.75 Å². The molecule has 1 heterocycles. The summed E-state index contributed by atoms with van der Waals surface area (Å²) in [5.41, 5.74) is 2.19. The van der Waals surface area contributed by atoms with Crippen LogP contribution in [-0.4, -0.2) is 31.6 Å². The van der Waals surface area contributed by atoms with Crippen LogP contribution in [-0.2, 0) is 4.79 Å². The minimum absolute atomic E-state index is 0. The van der Waals surface area contributed by atoms with Gasteiger partial charge in [0.1, 0.15) is 5.75 Å². The fourth-order valence-electron chi connectivity index (χ4n) is 2.25. The molecule has 0 unspecified atom stereocenters. The maximum Gasteiger partial charge on any atom is 0.258 e. The largest absolute Gasteiger partial charge is 0.483 e. The van der Waals surface area contributed by atoms with Crippen molar-refractivity contribution in [2.45, 2.75) is 32.7 Å². The van der Waals surface area contributed by atoms with Gasteiger partial charge in [0.05, 0.1) is 0 Å². The molecule has 0 radical (unpaired) electrons. The lowest BCUT2D eigenvalue weighted by molar-refractivity contribution is -0.123. The molecule has 2 rings (SSSR count). The molecule has 1 aliphatic heterocycles. The van der Waals surface area contributed by atoms with Crippen LogP contribution in [0.3, 0.4) is 0 Å². The third-order valence-corrected chi connectivity index (χ3v) is 3.36. The molecule has 0 saturated carbocycles. The molecule has 1 fully saturated rings. The van der Waals surface area contributed by atoms with Gasteiger partial charge in [-0.1, -0.05) is 12.1 Å². The molecule has 1 aromatic rings. The van der Waals surface area contributed by atoms with E-state index in [1.54, 1.807) is 0 Å². The highest BCUT2D eigenvalue weighted by Crippen LogP contribution is 2.18. The summed E-state index contributed by atoms with van der Waals surface area (Å²) in [6.07, 6.45) is 2.16. The Kier molecular flexibility index (Phi) is 6.82. The minimum atomic E-state index is -0.0467. The minimum Gasteiger partial charge on any atom is -0.483 e. The van der Waals surface area contributed by atoms with Gasteiger partial charge in [-0.3, -0.25) is 4.79 Å². The maximum absolute atomic E-state index is 11.8. The SMILES string of the molecule is Cc1ccc(C)c(OCC(=O)N[C@H]2CCCNC2)c1.Cl. The smallest absolute Gasteiger partial charge is 0.258 e. The predicted octanol–water partition coefficient (Wildman–Crippen LogP) is 1.97. The van der Waals surface area contributed by atoms with Crippen LogP contribution in [0.4, 0.5) is 0 Å². The Morgan fingerprint density at radius 2 is 2.25 bits per heavy atom. The molecular formula is C15H23ClN2O2. The average molecular weight is 299 g/mol. The quantitative estimate of drug-likeness (QED) is 0.893. The normalized spacial score (nSPS) is 18.0. The molecule has 1 saturated heterocycles. The Morgan fingerprint density at radius 1 is 1.45 bits per heavy atom. The Morgan fingerprint density at radius 3 is 2.95 bits per heavy atom. The summed E-state index contributed by atoms with van der Waals surface area (Å²) in [4.78, 5) is 11.8. The van der Waals surface area contributed by atoms with Crippen LogP contribution in [0, 0.1) is 13.8 Å². The number of hydrogen-bond donors (Lipinski definition) is 2. The van der Waals surface area contributed by atoms with E-state index in [-0.39, 0.29) is 31.0 Å². The van der Waals surface area contributed by atoms with Crippen molar-refractivity contribution < 1.29 is 9.53 Å². The number of halogens is 1. The van der Waals surface area contributed by atoms with Crippen LogP contribution in [0.5, 0.6) is 5.75 Å². The molecule has 1 atom stereocenters. The van der Waals surface area contributed by atoms with Crippen molar-refractivity contribution in [2.24, 2.45) is 0 Å². The van der Waals surface area contributed by atoms with Gasteiger partial charge in [0, 0.05) is 12.6 Å². The standard InChI is InChI=1S/C15H22N2O2.ClH/c1-11-5-6-12(2)14(8-11)19-10-15(18)17-13-4-3-7-16-9-13;/h5-6,8,13,16H,3-4,7,9-10H2,1-2H3,(H,17,18);1H/t13-;/m0./s1. The fourth-order valence-corrected chi connectivity index (χ4v) is 2.25. The first-order valence-corrected chi connectivity index (χ1v) is 6.85. The van der Waals surface area contributed by atoms with E-state index >= 15 is 0 Å². The summed E-state index contributed by atoms with van der Waals surface area (Å²) in [6.45, 7) is 5.99. The number of hydrogen-bond acceptors (Lipinski definition) is 3. The highest BCUT2D eigenvalue weighted by Gasteiger charge is 2.15. The number of rotatable bonds is 4. The molecule has 0 aromatic heterocycles. The Bertz CT molecular complexity index is 445. The van der Waals surface area contributed by atoms with Crippen LogP contribution in [0.15, 0.2) is 18.2 Å². The highest BCUT2D eigenvalue weighted by molar-refractivity contribution is 5.85. The molecule has 112 valence electrons. The van der Waals surface area contributed by atoms with Crippen molar-refractivity contribution in [1.29, 1.82) is 0 Å². The Hall–Kier alpha value is -1.26. The second-order valence-electron chi connectivity index (χ2n) is 5.17. The topological polar surface area (TPSA) is 50.4 Å². The summed E-state index contributed by atoms with van der Waals surface area (Å²) in [5.74, 6) is 0.742. The van der Waals surface area contributed by atoms with E-state index in [1.165, 1.54) is 0 Å². The van der Waals surface area contributed by atoms with Crippen LogP contribution in [0.2, 0.25) is 0 Å². The zero-order chi connectivity index (χ0) is 13.7. The maximum atomic E-state index is 11.8. The molecule has 0 spiro atoms. The van der Waals surface area contributed by atoms with Gasteiger partial charge >= 0.3 is 0 Å². The second-order valence-corrected chi connectivity index (χ2v) is 5.17. The van der Waals surface area contributed by atoms with E-state index in [0.717, 1.165) is 42.8 Å². The van der Waals surface area contributed by atoms with Crippen LogP contribution >= 0.6 is 12.4 Å². The second kappa shape index (κ2) is 8.12. The molecule has 2 N–H and O–H groups in total. The number of amides is 1. The monoisotopic (exact) mass is 298 g/mol. The molecule has 20 heavy (non-hydrogen) atoms. The average Bonchev–Trinajstić information content (AvgIpc) is 2.41. The van der Waals surface area contributed by atoms with Gasteiger partial charge in [0.15, 0.2) is 6.61 Å². The van der Waals surface area contributed by atoms with Gasteiger partial charge in [-0.25, -0.2) is 0 Å². The van der Waals surface area contributed by atoms with Crippen molar-refractivity contribution in [2.75, 3.05) is 19.7 Å². The van der Waals surface area contributed by atoms with Crippen molar-refractivity contribution >= 4 is 18.3 Å². The Labute approximate surface area is 126 Å². The van der Waals surface area contributed by atoms with Gasteiger partial charge in [0.2, 0.25) is 0 Å². The van der Waals surface area contributed by atoms with E-state index in [4.69, 9.17) is 4.74 Å². The molecular weight excluding hydrogens is 276 g/mol. The van der Waals surface area contributed by atoms with Crippen LogP contribution < -0.4 is 15.4 Å². The number of ether oxygens (including phenoxy) is 1. The van der Waals surface area contributed by atoms with Gasteiger partial charge in [-0.2, -0.15) is 0 Å². The molecule has 1 aromatic carbocycles. The van der Waals surface area contributed by atoms with E-state index < -0.39 is 0 Å². The molecule has 4 nitrogen and oxygen atoms in total. The summed E-state index contributed by atoms with van der Waals surface area (Å²) in [5, 5.41) is 6.27. The van der Waals surface area contributed by atoms with E-state index in [0.29, 0.717) is 0 Å². The van der Waals surface area contributed by atoms with E-state index in [9.17, 15) is 4.79 Å². The number of nitrogens with one attached hydrogen (secondary N) is 2. The lowest BCUT2D eigenvalue weighted by Gasteiger charge is -2.23. The van der Waals surface area contributed by atoms with Gasteiger partial charge < -0.3 is 15.4 Å². The van der Waals surface area contributed by atoms with Crippen molar-refractivity contribution in [3.05, 3.63) is 29.3 Å². The molecule has 1 aliphatic rings. The van der Waals surface area contributed by atoms with Crippen LogP contribution in [0.1, 0.15) is 24.0 Å². The van der Waals surface area contributed by atoms with Gasteiger partial charge in [-0.15, -0.1) is 12.4 Å². The van der Waals surface area contributed by atoms with Crippen molar-refractivity contribution in [3.63, 3.8) is 0 Å². The number of aryl methyl sites for hydroxylation is 2. The first kappa shape index (κ1) is 16.8. The Balaban J connectivity index is 0.00000200. The predicted molar refractivity (Wildman–Crippen MR) is 82.7 cm³/mol. The summed E-state index contributed by atoms with van der Waals surface area (Å²) in [7, 11) is 0. The third kappa shape index (κ3) is 5.02. The first-order chi connectivity index (χ1) is 9.15. The van der Waals surface area contributed by atoms with Gasteiger partial charge in [0.25, 0.3) is 5.91 Å². The van der Waals surface area contributed by atoms with E-state index in [1.807, 2.05) is 32.0 Å². The van der Waals surface area contributed by atoms with E-state index in [2.05, 4.69) is 10.6 Å². The molecule has 0 aliphatic carbocycles. The number of carbonyl (C=O) groups excluding carboxylic acids is 1. The lowest BCUT2D eigenvalue weighted by atomic mass is 10.1. The zero-order valence-corrected chi connectivity index (χ0v) is 12.9. The number of carbonyl (C=O) groups is 1. The lowest BCUT2D eigenvalue weighted by Crippen LogP contribution is -2.47. The molecule has 0 bridgehead atoms. The number of piperidine rings is 1. The third-order valence-electron chi connectivity index (χ3n) is 3.36. The zero-order valence-electron chi connectivity index (χ0n) is 12.1. The summed E-state index contributed by atoms with van der Waals surface area (Å²) < 4.78 is 5.59. The molecule has 5 heteroatoms. The van der Waals surface area contributed by atoms with Crippen molar-refractivity contribution in [1.82, 2.24) is 10.6 Å². The van der Waals surface area contributed by atoms with Crippen LogP contribution in [0.25, 0.3) is 0 Å². The molecule has 1 amide bonds. The fraction of sp³-hybridized carbons (Fsp3) is 0.533. The number of benzene rings is 1. The summed E-state index contributed by atoms with van der Waals surface area (Å²) in [6, 6.07) is 6.25. The van der Waals surface area contributed by atoms with Gasteiger partial charge in [-0.05, 0) is 50.4 Å². The summed E-state index contributed by atoms with van der Waals surface area (Å²) >= 11 is 0.